The molecule has 0 aliphatic carbocycles. The SMILES string of the molecule is C=C(Br)COc1ccc(C(C)NC)c(F)c1. The summed E-state index contributed by atoms with van der Waals surface area (Å²) in [5.74, 6) is 0.240. The topological polar surface area (TPSA) is 21.3 Å². The van der Waals surface area contributed by atoms with Crippen molar-refractivity contribution in [3.05, 3.63) is 40.6 Å². The molecule has 0 radical (unpaired) electrons. The number of benzene rings is 1. The van der Waals surface area contributed by atoms with E-state index in [2.05, 4.69) is 27.8 Å². The van der Waals surface area contributed by atoms with E-state index in [0.717, 1.165) is 4.48 Å². The van der Waals surface area contributed by atoms with Crippen molar-refractivity contribution in [3.63, 3.8) is 0 Å². The molecule has 0 saturated carbocycles. The fourth-order valence-corrected chi connectivity index (χ4v) is 1.38. The Kier molecular flexibility index (Phi) is 4.96. The van der Waals surface area contributed by atoms with Gasteiger partial charge in [-0.1, -0.05) is 28.6 Å². The first kappa shape index (κ1) is 13.2. The van der Waals surface area contributed by atoms with E-state index in [1.54, 1.807) is 19.2 Å². The van der Waals surface area contributed by atoms with Gasteiger partial charge in [-0.15, -0.1) is 0 Å². The van der Waals surface area contributed by atoms with Crippen molar-refractivity contribution in [1.82, 2.24) is 5.32 Å². The van der Waals surface area contributed by atoms with Gasteiger partial charge < -0.3 is 10.1 Å². The van der Waals surface area contributed by atoms with Gasteiger partial charge in [0.05, 0.1) is 0 Å². The van der Waals surface area contributed by atoms with Crippen LogP contribution in [0.25, 0.3) is 0 Å². The third-order valence-corrected chi connectivity index (χ3v) is 2.50. The van der Waals surface area contributed by atoms with E-state index in [4.69, 9.17) is 4.74 Å². The highest BCUT2D eigenvalue weighted by atomic mass is 79.9. The van der Waals surface area contributed by atoms with Crippen LogP contribution in [-0.4, -0.2) is 13.7 Å². The van der Waals surface area contributed by atoms with E-state index < -0.39 is 0 Å². The van der Waals surface area contributed by atoms with Crippen LogP contribution in [-0.2, 0) is 0 Å². The molecule has 1 rings (SSSR count). The fraction of sp³-hybridized carbons (Fsp3) is 0.333. The molecule has 0 fully saturated rings. The minimum atomic E-state index is -0.264. The maximum absolute atomic E-state index is 13.7. The monoisotopic (exact) mass is 287 g/mol. The van der Waals surface area contributed by atoms with Gasteiger partial charge in [0.2, 0.25) is 0 Å². The predicted molar refractivity (Wildman–Crippen MR) is 67.4 cm³/mol. The molecule has 0 amide bonds. The Hall–Kier alpha value is -0.870. The Balaban J connectivity index is 2.78. The smallest absolute Gasteiger partial charge is 0.131 e. The average molecular weight is 288 g/mol. The predicted octanol–water partition coefficient (Wildman–Crippen LogP) is 3.39. The van der Waals surface area contributed by atoms with Crippen LogP contribution in [0.1, 0.15) is 18.5 Å². The Labute approximate surface area is 104 Å². The summed E-state index contributed by atoms with van der Waals surface area (Å²) in [7, 11) is 1.79. The van der Waals surface area contributed by atoms with E-state index >= 15 is 0 Å². The van der Waals surface area contributed by atoms with Crippen molar-refractivity contribution in [2.45, 2.75) is 13.0 Å². The summed E-state index contributed by atoms with van der Waals surface area (Å²) in [5, 5.41) is 2.99. The zero-order valence-electron chi connectivity index (χ0n) is 9.39. The van der Waals surface area contributed by atoms with Crippen molar-refractivity contribution in [3.8, 4) is 5.75 Å². The lowest BCUT2D eigenvalue weighted by molar-refractivity contribution is 0.358. The number of ether oxygens (including phenoxy) is 1. The molecule has 1 aromatic carbocycles. The molecule has 0 aliphatic rings. The molecule has 88 valence electrons. The van der Waals surface area contributed by atoms with Gasteiger partial charge in [-0.2, -0.15) is 0 Å². The van der Waals surface area contributed by atoms with Crippen LogP contribution in [0.4, 0.5) is 4.39 Å². The second kappa shape index (κ2) is 6.01. The zero-order chi connectivity index (χ0) is 12.1. The van der Waals surface area contributed by atoms with Crippen LogP contribution in [0.3, 0.4) is 0 Å². The molecule has 0 heterocycles. The highest BCUT2D eigenvalue weighted by Crippen LogP contribution is 2.22. The maximum Gasteiger partial charge on any atom is 0.131 e. The van der Waals surface area contributed by atoms with Crippen molar-refractivity contribution in [2.24, 2.45) is 0 Å². The lowest BCUT2D eigenvalue weighted by atomic mass is 10.1. The first-order valence-electron chi connectivity index (χ1n) is 4.97. The van der Waals surface area contributed by atoms with Crippen molar-refractivity contribution in [2.75, 3.05) is 13.7 Å². The Morgan fingerprint density at radius 1 is 1.62 bits per heavy atom. The van der Waals surface area contributed by atoms with Crippen LogP contribution < -0.4 is 10.1 Å². The minimum Gasteiger partial charge on any atom is -0.488 e. The standard InChI is InChI=1S/C12H15BrFNO/c1-8(13)7-16-10-4-5-11(9(2)15-3)12(14)6-10/h4-6,9,15H,1,7H2,2-3H3. The first-order chi connectivity index (χ1) is 7.54. The molecule has 1 atom stereocenters. The molecular weight excluding hydrogens is 273 g/mol. The molecule has 0 aromatic heterocycles. The normalized spacial score (nSPS) is 12.2. The van der Waals surface area contributed by atoms with Crippen LogP contribution in [0.15, 0.2) is 29.3 Å². The summed E-state index contributed by atoms with van der Waals surface area (Å²) in [6.45, 7) is 5.88. The van der Waals surface area contributed by atoms with Crippen LogP contribution in [0.5, 0.6) is 5.75 Å². The summed E-state index contributed by atoms with van der Waals surface area (Å²) in [5.41, 5.74) is 0.632. The van der Waals surface area contributed by atoms with E-state index in [1.807, 2.05) is 6.92 Å². The zero-order valence-corrected chi connectivity index (χ0v) is 11.0. The Morgan fingerprint density at radius 2 is 2.31 bits per heavy atom. The van der Waals surface area contributed by atoms with Gasteiger partial charge >= 0.3 is 0 Å². The largest absolute Gasteiger partial charge is 0.488 e. The quantitative estimate of drug-likeness (QED) is 0.896. The van der Waals surface area contributed by atoms with Crippen molar-refractivity contribution in [1.29, 1.82) is 0 Å². The van der Waals surface area contributed by atoms with Gasteiger partial charge in [0.25, 0.3) is 0 Å². The summed E-state index contributed by atoms with van der Waals surface area (Å²) in [6.07, 6.45) is 0. The molecule has 1 aromatic rings. The van der Waals surface area contributed by atoms with Crippen LogP contribution in [0.2, 0.25) is 0 Å². The Morgan fingerprint density at radius 3 is 2.81 bits per heavy atom. The molecule has 4 heteroatoms. The highest BCUT2D eigenvalue weighted by molar-refractivity contribution is 9.11. The van der Waals surface area contributed by atoms with Gasteiger partial charge in [0.15, 0.2) is 0 Å². The molecule has 1 unspecified atom stereocenters. The van der Waals surface area contributed by atoms with Gasteiger partial charge in [-0.05, 0) is 20.0 Å². The number of halogens is 2. The van der Waals surface area contributed by atoms with Gasteiger partial charge in [0, 0.05) is 22.2 Å². The molecule has 16 heavy (non-hydrogen) atoms. The summed E-state index contributed by atoms with van der Waals surface area (Å²) in [6, 6.07) is 4.85. The van der Waals surface area contributed by atoms with Crippen molar-refractivity contribution >= 4 is 15.9 Å². The summed E-state index contributed by atoms with van der Waals surface area (Å²) >= 11 is 3.18. The van der Waals surface area contributed by atoms with Gasteiger partial charge in [-0.25, -0.2) is 4.39 Å². The van der Waals surface area contributed by atoms with Crippen molar-refractivity contribution < 1.29 is 9.13 Å². The number of hydrogen-bond acceptors (Lipinski definition) is 2. The molecule has 0 saturated heterocycles. The molecule has 2 nitrogen and oxygen atoms in total. The highest BCUT2D eigenvalue weighted by Gasteiger charge is 2.09. The number of nitrogens with one attached hydrogen (secondary N) is 1. The lowest BCUT2D eigenvalue weighted by Crippen LogP contribution is -2.13. The number of rotatable bonds is 5. The molecular formula is C12H15BrFNO. The first-order valence-corrected chi connectivity index (χ1v) is 5.76. The molecule has 0 spiro atoms. The van der Waals surface area contributed by atoms with Crippen LogP contribution >= 0.6 is 15.9 Å². The summed E-state index contributed by atoms with van der Waals surface area (Å²) < 4.78 is 19.7. The second-order valence-corrected chi connectivity index (χ2v) is 4.62. The third-order valence-electron chi connectivity index (χ3n) is 2.27. The molecule has 0 bridgehead atoms. The van der Waals surface area contributed by atoms with Crippen LogP contribution in [0, 0.1) is 5.82 Å². The minimum absolute atomic E-state index is 0.0137. The maximum atomic E-state index is 13.7. The van der Waals surface area contributed by atoms with E-state index in [9.17, 15) is 4.39 Å². The third kappa shape index (κ3) is 3.61. The molecule has 1 N–H and O–H groups in total. The average Bonchev–Trinajstić information content (AvgIpc) is 2.25. The Bertz CT molecular complexity index is 381. The summed E-state index contributed by atoms with van der Waals surface area (Å²) in [4.78, 5) is 0. The lowest BCUT2D eigenvalue weighted by Gasteiger charge is -2.13. The fourth-order valence-electron chi connectivity index (χ4n) is 1.27. The van der Waals surface area contributed by atoms with E-state index in [1.165, 1.54) is 6.07 Å². The molecule has 0 aliphatic heterocycles. The van der Waals surface area contributed by atoms with E-state index in [-0.39, 0.29) is 11.9 Å². The van der Waals surface area contributed by atoms with Gasteiger partial charge in [-0.3, -0.25) is 0 Å². The number of hydrogen-bond donors (Lipinski definition) is 1. The van der Waals surface area contributed by atoms with E-state index in [0.29, 0.717) is 17.9 Å². The second-order valence-electron chi connectivity index (χ2n) is 3.50. The van der Waals surface area contributed by atoms with Gasteiger partial charge in [0.1, 0.15) is 18.2 Å².